The normalized spacial score (nSPS) is 24.0. The second-order valence-electron chi connectivity index (χ2n) is 1.44. The van der Waals surface area contributed by atoms with E-state index in [1.165, 1.54) is 0 Å². The second kappa shape index (κ2) is 3.33. The summed E-state index contributed by atoms with van der Waals surface area (Å²) in [5.41, 5.74) is 0. The molecule has 0 atom stereocenters. The Morgan fingerprint density at radius 2 is 2.43 bits per heavy atom. The number of rotatable bonds is 0. The lowest BCUT2D eigenvalue weighted by molar-refractivity contribution is 0.157. The SMILES string of the molecule is [CH]1CCOCCS1. The number of hydrogen-bond acceptors (Lipinski definition) is 2. The highest BCUT2D eigenvalue weighted by Crippen LogP contribution is 2.11. The summed E-state index contributed by atoms with van der Waals surface area (Å²) in [5.74, 6) is 3.35. The van der Waals surface area contributed by atoms with Crippen molar-refractivity contribution in [3.05, 3.63) is 5.75 Å². The molecule has 1 rings (SSSR count). The number of thioether (sulfide) groups is 1. The van der Waals surface area contributed by atoms with E-state index in [0.29, 0.717) is 0 Å². The molecule has 1 saturated heterocycles. The van der Waals surface area contributed by atoms with Crippen LogP contribution in [0.5, 0.6) is 0 Å². The quantitative estimate of drug-likeness (QED) is 0.473. The average Bonchev–Trinajstić information content (AvgIpc) is 1.90. The largest absolute Gasteiger partial charge is 0.381 e. The standard InChI is InChI=1S/C5H9OS/c1-2-6-3-5-7-4-1/h4H,1-3,5H2. The minimum Gasteiger partial charge on any atom is -0.381 e. The lowest BCUT2D eigenvalue weighted by Crippen LogP contribution is -1.92. The van der Waals surface area contributed by atoms with Crippen LogP contribution in [-0.2, 0) is 4.74 Å². The van der Waals surface area contributed by atoms with Crippen molar-refractivity contribution in [2.24, 2.45) is 0 Å². The molecule has 1 fully saturated rings. The summed E-state index contributed by atoms with van der Waals surface area (Å²) in [6.07, 6.45) is 1.12. The number of hydrogen-bond donors (Lipinski definition) is 0. The van der Waals surface area contributed by atoms with Gasteiger partial charge in [-0.25, -0.2) is 0 Å². The van der Waals surface area contributed by atoms with E-state index < -0.39 is 0 Å². The molecular weight excluding hydrogens is 108 g/mol. The van der Waals surface area contributed by atoms with Crippen LogP contribution < -0.4 is 0 Å². The van der Waals surface area contributed by atoms with E-state index in [1.807, 2.05) is 11.8 Å². The van der Waals surface area contributed by atoms with Crippen LogP contribution in [-0.4, -0.2) is 19.0 Å². The summed E-state index contributed by atoms with van der Waals surface area (Å²) in [7, 11) is 0. The minimum atomic E-state index is 0.924. The van der Waals surface area contributed by atoms with Crippen molar-refractivity contribution in [1.29, 1.82) is 0 Å². The molecule has 0 N–H and O–H groups in total. The van der Waals surface area contributed by atoms with Gasteiger partial charge >= 0.3 is 0 Å². The second-order valence-corrected chi connectivity index (χ2v) is 2.51. The zero-order valence-corrected chi connectivity index (χ0v) is 5.04. The lowest BCUT2D eigenvalue weighted by Gasteiger charge is -1.90. The predicted molar refractivity (Wildman–Crippen MR) is 32.2 cm³/mol. The van der Waals surface area contributed by atoms with E-state index in [0.717, 1.165) is 25.4 Å². The Kier molecular flexibility index (Phi) is 2.59. The molecule has 1 heterocycles. The third-order valence-corrected chi connectivity index (χ3v) is 1.72. The first kappa shape index (κ1) is 5.45. The molecule has 7 heavy (non-hydrogen) atoms. The van der Waals surface area contributed by atoms with Gasteiger partial charge in [-0.1, -0.05) is 0 Å². The highest BCUT2D eigenvalue weighted by Gasteiger charge is 1.95. The zero-order valence-electron chi connectivity index (χ0n) is 4.22. The van der Waals surface area contributed by atoms with Gasteiger partial charge in [0, 0.05) is 18.1 Å². The molecule has 1 aliphatic heterocycles. The van der Waals surface area contributed by atoms with Crippen molar-refractivity contribution >= 4 is 11.8 Å². The first-order chi connectivity index (χ1) is 3.50. The molecule has 0 saturated carbocycles. The fraction of sp³-hybridized carbons (Fsp3) is 0.800. The van der Waals surface area contributed by atoms with Crippen LogP contribution in [0.25, 0.3) is 0 Å². The summed E-state index contributed by atoms with van der Waals surface area (Å²) < 4.78 is 5.14. The van der Waals surface area contributed by atoms with Crippen LogP contribution in [0.4, 0.5) is 0 Å². The van der Waals surface area contributed by atoms with Crippen molar-refractivity contribution in [1.82, 2.24) is 0 Å². The molecule has 1 nitrogen and oxygen atoms in total. The Morgan fingerprint density at radius 3 is 3.43 bits per heavy atom. The van der Waals surface area contributed by atoms with Crippen LogP contribution in [0.2, 0.25) is 0 Å². The molecule has 0 aliphatic carbocycles. The monoisotopic (exact) mass is 117 g/mol. The first-order valence-electron chi connectivity index (χ1n) is 2.51. The highest BCUT2D eigenvalue weighted by molar-refractivity contribution is 8.01. The fourth-order valence-corrected chi connectivity index (χ4v) is 1.15. The van der Waals surface area contributed by atoms with Gasteiger partial charge in [-0.15, -0.1) is 0 Å². The van der Waals surface area contributed by atoms with Crippen molar-refractivity contribution in [3.63, 3.8) is 0 Å². The maximum atomic E-state index is 5.14. The Balaban J connectivity index is 2.04. The molecule has 0 aromatic heterocycles. The van der Waals surface area contributed by atoms with Gasteiger partial charge in [0.05, 0.1) is 6.61 Å². The van der Waals surface area contributed by atoms with E-state index in [9.17, 15) is 0 Å². The van der Waals surface area contributed by atoms with Gasteiger partial charge in [0.25, 0.3) is 0 Å². The van der Waals surface area contributed by atoms with E-state index in [-0.39, 0.29) is 0 Å². The van der Waals surface area contributed by atoms with Gasteiger partial charge < -0.3 is 4.74 Å². The molecule has 0 spiro atoms. The van der Waals surface area contributed by atoms with Crippen LogP contribution in [0, 0.1) is 5.75 Å². The Hall–Kier alpha value is 0.310. The average molecular weight is 117 g/mol. The maximum absolute atomic E-state index is 5.14. The topological polar surface area (TPSA) is 9.23 Å². The Labute approximate surface area is 48.4 Å². The summed E-state index contributed by atoms with van der Waals surface area (Å²) >= 11 is 1.87. The third-order valence-electron chi connectivity index (χ3n) is 0.843. The molecule has 0 aromatic rings. The highest BCUT2D eigenvalue weighted by atomic mass is 32.2. The van der Waals surface area contributed by atoms with Crippen molar-refractivity contribution in [2.45, 2.75) is 6.42 Å². The molecule has 0 amide bonds. The lowest BCUT2D eigenvalue weighted by atomic mass is 10.5. The van der Waals surface area contributed by atoms with E-state index in [2.05, 4.69) is 5.75 Å². The van der Waals surface area contributed by atoms with E-state index in [4.69, 9.17) is 4.74 Å². The molecule has 41 valence electrons. The Bertz CT molecular complexity index is 27.7. The van der Waals surface area contributed by atoms with Crippen LogP contribution in [0.15, 0.2) is 0 Å². The molecule has 1 aliphatic rings. The predicted octanol–water partition coefficient (Wildman–Crippen LogP) is 1.30. The first-order valence-corrected chi connectivity index (χ1v) is 3.56. The zero-order chi connectivity index (χ0) is 4.95. The molecule has 1 radical (unpaired) electrons. The van der Waals surface area contributed by atoms with Gasteiger partial charge in [0.1, 0.15) is 0 Å². The van der Waals surface area contributed by atoms with Crippen LogP contribution in [0.3, 0.4) is 0 Å². The van der Waals surface area contributed by atoms with Crippen molar-refractivity contribution in [3.8, 4) is 0 Å². The van der Waals surface area contributed by atoms with Crippen molar-refractivity contribution in [2.75, 3.05) is 19.0 Å². The third kappa shape index (κ3) is 2.19. The molecule has 0 bridgehead atoms. The van der Waals surface area contributed by atoms with Gasteiger partial charge in [0.2, 0.25) is 0 Å². The summed E-state index contributed by atoms with van der Waals surface area (Å²) in [4.78, 5) is 0. The van der Waals surface area contributed by atoms with Crippen molar-refractivity contribution < 1.29 is 4.74 Å². The molecular formula is C5H9OS. The smallest absolute Gasteiger partial charge is 0.0556 e. The molecule has 0 unspecified atom stereocenters. The molecule has 2 heteroatoms. The van der Waals surface area contributed by atoms with Gasteiger partial charge in [-0.2, -0.15) is 11.8 Å². The maximum Gasteiger partial charge on any atom is 0.0556 e. The number of ether oxygens (including phenoxy) is 1. The van der Waals surface area contributed by atoms with E-state index in [1.54, 1.807) is 0 Å². The van der Waals surface area contributed by atoms with Crippen LogP contribution >= 0.6 is 11.8 Å². The minimum absolute atomic E-state index is 0.924. The fourth-order valence-electron chi connectivity index (χ4n) is 0.507. The van der Waals surface area contributed by atoms with Gasteiger partial charge in [-0.05, 0) is 6.42 Å². The summed E-state index contributed by atoms with van der Waals surface area (Å²) in [6.45, 7) is 1.86. The van der Waals surface area contributed by atoms with Gasteiger partial charge in [-0.3, -0.25) is 0 Å². The van der Waals surface area contributed by atoms with Gasteiger partial charge in [0.15, 0.2) is 0 Å². The van der Waals surface area contributed by atoms with E-state index >= 15 is 0 Å². The van der Waals surface area contributed by atoms with Crippen LogP contribution in [0.1, 0.15) is 6.42 Å². The summed E-state index contributed by atoms with van der Waals surface area (Å²) in [6, 6.07) is 0. The summed E-state index contributed by atoms with van der Waals surface area (Å²) in [5, 5.41) is 0. The molecule has 0 aromatic carbocycles. The Morgan fingerprint density at radius 1 is 1.43 bits per heavy atom.